The molecule has 3 aromatic rings. The normalized spacial score (nSPS) is 10.3. The van der Waals surface area contributed by atoms with Gasteiger partial charge in [0, 0.05) is 5.69 Å². The lowest BCUT2D eigenvalue weighted by atomic mass is 10.1. The van der Waals surface area contributed by atoms with Crippen LogP contribution in [0.15, 0.2) is 54.6 Å². The smallest absolute Gasteiger partial charge is 0.340 e. The standard InChI is InChI=1S/C22H22N4O3/c1-4-29-22(28)17-7-5-6-8-18(17)24-21(27)19-9-10-20(26-25-19)23-16-12-14(2)11-15(3)13-16/h5-13H,4H2,1-3H3,(H,23,26)(H,24,27). The number of anilines is 3. The summed E-state index contributed by atoms with van der Waals surface area (Å²) < 4.78 is 5.02. The van der Waals surface area contributed by atoms with Crippen LogP contribution in [0.4, 0.5) is 17.2 Å². The fourth-order valence-corrected chi connectivity index (χ4v) is 2.88. The van der Waals surface area contributed by atoms with Gasteiger partial charge < -0.3 is 15.4 Å². The van der Waals surface area contributed by atoms with Crippen molar-refractivity contribution in [2.45, 2.75) is 20.8 Å². The summed E-state index contributed by atoms with van der Waals surface area (Å²) in [7, 11) is 0. The molecule has 0 saturated carbocycles. The number of carbonyl (C=O) groups excluding carboxylic acids is 2. The number of hydrogen-bond donors (Lipinski definition) is 2. The first kappa shape index (κ1) is 20.0. The summed E-state index contributed by atoms with van der Waals surface area (Å²) in [5.41, 5.74) is 3.94. The van der Waals surface area contributed by atoms with Gasteiger partial charge in [-0.3, -0.25) is 4.79 Å². The van der Waals surface area contributed by atoms with Crippen LogP contribution >= 0.6 is 0 Å². The second-order valence-corrected chi connectivity index (χ2v) is 6.53. The summed E-state index contributed by atoms with van der Waals surface area (Å²) in [4.78, 5) is 24.6. The van der Waals surface area contributed by atoms with E-state index >= 15 is 0 Å². The Labute approximate surface area is 169 Å². The van der Waals surface area contributed by atoms with E-state index < -0.39 is 11.9 Å². The van der Waals surface area contributed by atoms with Crippen molar-refractivity contribution in [3.63, 3.8) is 0 Å². The van der Waals surface area contributed by atoms with Gasteiger partial charge in [-0.2, -0.15) is 0 Å². The minimum atomic E-state index is -0.498. The Morgan fingerprint density at radius 1 is 0.966 bits per heavy atom. The van der Waals surface area contributed by atoms with Crippen LogP contribution in [0.5, 0.6) is 0 Å². The Morgan fingerprint density at radius 3 is 2.34 bits per heavy atom. The molecule has 2 aromatic carbocycles. The molecule has 29 heavy (non-hydrogen) atoms. The first-order valence-electron chi connectivity index (χ1n) is 9.23. The molecule has 0 radical (unpaired) electrons. The van der Waals surface area contributed by atoms with Crippen LogP contribution in [-0.4, -0.2) is 28.7 Å². The molecule has 7 nitrogen and oxygen atoms in total. The zero-order valence-electron chi connectivity index (χ0n) is 16.5. The molecule has 1 amide bonds. The van der Waals surface area contributed by atoms with Crippen LogP contribution in [-0.2, 0) is 4.74 Å². The van der Waals surface area contributed by atoms with Crippen molar-refractivity contribution in [1.82, 2.24) is 10.2 Å². The number of para-hydroxylation sites is 1. The number of carbonyl (C=O) groups is 2. The molecule has 0 aliphatic heterocycles. The van der Waals surface area contributed by atoms with E-state index in [9.17, 15) is 9.59 Å². The average molecular weight is 390 g/mol. The molecule has 3 rings (SSSR count). The van der Waals surface area contributed by atoms with Gasteiger partial charge in [-0.25, -0.2) is 4.79 Å². The third kappa shape index (κ3) is 5.16. The third-order valence-corrected chi connectivity index (χ3v) is 4.06. The molecule has 148 valence electrons. The Hall–Kier alpha value is -3.74. The lowest BCUT2D eigenvalue weighted by Gasteiger charge is -2.10. The van der Waals surface area contributed by atoms with Gasteiger partial charge in [0.15, 0.2) is 11.5 Å². The Bertz CT molecular complexity index is 1010. The molecule has 0 aliphatic rings. The molecule has 0 spiro atoms. The zero-order chi connectivity index (χ0) is 20.8. The summed E-state index contributed by atoms with van der Waals surface area (Å²) in [6.07, 6.45) is 0. The number of esters is 1. The highest BCUT2D eigenvalue weighted by molar-refractivity contribution is 6.07. The first-order chi connectivity index (χ1) is 14.0. The molecule has 1 heterocycles. The molecule has 0 unspecified atom stereocenters. The van der Waals surface area contributed by atoms with Gasteiger partial charge in [0.2, 0.25) is 0 Å². The summed E-state index contributed by atoms with van der Waals surface area (Å²) in [5, 5.41) is 13.9. The van der Waals surface area contributed by atoms with E-state index in [0.717, 1.165) is 16.8 Å². The van der Waals surface area contributed by atoms with Gasteiger partial charge in [-0.05, 0) is 68.3 Å². The number of hydrogen-bond acceptors (Lipinski definition) is 6. The SMILES string of the molecule is CCOC(=O)c1ccccc1NC(=O)c1ccc(Nc2cc(C)cc(C)c2)nn1. The predicted molar refractivity (Wildman–Crippen MR) is 112 cm³/mol. The van der Waals surface area contributed by atoms with Crippen molar-refractivity contribution in [1.29, 1.82) is 0 Å². The summed E-state index contributed by atoms with van der Waals surface area (Å²) in [6, 6.07) is 16.0. The highest BCUT2D eigenvalue weighted by atomic mass is 16.5. The van der Waals surface area contributed by atoms with Gasteiger partial charge in [0.1, 0.15) is 0 Å². The predicted octanol–water partition coefficient (Wildman–Crippen LogP) is 4.27. The zero-order valence-corrected chi connectivity index (χ0v) is 16.5. The number of nitrogens with zero attached hydrogens (tertiary/aromatic N) is 2. The monoisotopic (exact) mass is 390 g/mol. The molecule has 0 saturated heterocycles. The van der Waals surface area contributed by atoms with E-state index in [0.29, 0.717) is 11.5 Å². The Morgan fingerprint density at radius 2 is 1.69 bits per heavy atom. The molecule has 0 aliphatic carbocycles. The number of benzene rings is 2. The summed E-state index contributed by atoms with van der Waals surface area (Å²) in [5.74, 6) is -0.437. The second-order valence-electron chi connectivity index (χ2n) is 6.53. The fraction of sp³-hybridized carbons (Fsp3) is 0.182. The van der Waals surface area contributed by atoms with Crippen LogP contribution in [0.1, 0.15) is 38.9 Å². The van der Waals surface area contributed by atoms with Crippen molar-refractivity contribution in [3.05, 3.63) is 77.0 Å². The van der Waals surface area contributed by atoms with Crippen molar-refractivity contribution in [3.8, 4) is 0 Å². The Kier molecular flexibility index (Phi) is 6.19. The van der Waals surface area contributed by atoms with Gasteiger partial charge >= 0.3 is 5.97 Å². The van der Waals surface area contributed by atoms with E-state index in [4.69, 9.17) is 4.74 Å². The van der Waals surface area contributed by atoms with Crippen LogP contribution < -0.4 is 10.6 Å². The van der Waals surface area contributed by atoms with E-state index in [1.165, 1.54) is 0 Å². The largest absolute Gasteiger partial charge is 0.462 e. The van der Waals surface area contributed by atoms with E-state index in [1.54, 1.807) is 43.3 Å². The second kappa shape index (κ2) is 8.97. The number of aromatic nitrogens is 2. The molecule has 7 heteroatoms. The minimum absolute atomic E-state index is 0.134. The van der Waals surface area contributed by atoms with Gasteiger partial charge in [0.05, 0.1) is 17.9 Å². The van der Waals surface area contributed by atoms with Crippen molar-refractivity contribution >= 4 is 29.1 Å². The molecule has 0 bridgehead atoms. The van der Waals surface area contributed by atoms with E-state index in [2.05, 4.69) is 26.9 Å². The topological polar surface area (TPSA) is 93.2 Å². The van der Waals surface area contributed by atoms with Gasteiger partial charge in [-0.15, -0.1) is 10.2 Å². The number of nitrogens with one attached hydrogen (secondary N) is 2. The summed E-state index contributed by atoms with van der Waals surface area (Å²) >= 11 is 0. The molecule has 1 aromatic heterocycles. The van der Waals surface area contributed by atoms with Crippen molar-refractivity contribution in [2.75, 3.05) is 17.2 Å². The maximum Gasteiger partial charge on any atom is 0.340 e. The quantitative estimate of drug-likeness (QED) is 0.611. The highest BCUT2D eigenvalue weighted by Gasteiger charge is 2.16. The molecule has 0 fully saturated rings. The fourth-order valence-electron chi connectivity index (χ4n) is 2.88. The molecular formula is C22H22N4O3. The van der Waals surface area contributed by atoms with Gasteiger partial charge in [-0.1, -0.05) is 18.2 Å². The van der Waals surface area contributed by atoms with Crippen molar-refractivity contribution in [2.24, 2.45) is 0 Å². The molecule has 2 N–H and O–H groups in total. The highest BCUT2D eigenvalue weighted by Crippen LogP contribution is 2.19. The van der Waals surface area contributed by atoms with E-state index in [1.807, 2.05) is 26.0 Å². The maximum absolute atomic E-state index is 12.5. The average Bonchev–Trinajstić information content (AvgIpc) is 2.68. The van der Waals surface area contributed by atoms with Crippen LogP contribution in [0.3, 0.4) is 0 Å². The molecular weight excluding hydrogens is 368 g/mol. The first-order valence-corrected chi connectivity index (χ1v) is 9.23. The van der Waals surface area contributed by atoms with Gasteiger partial charge in [0.25, 0.3) is 5.91 Å². The number of amides is 1. The minimum Gasteiger partial charge on any atom is -0.462 e. The van der Waals surface area contributed by atoms with Crippen LogP contribution in [0.25, 0.3) is 0 Å². The maximum atomic E-state index is 12.5. The third-order valence-electron chi connectivity index (χ3n) is 4.06. The lowest BCUT2D eigenvalue weighted by molar-refractivity contribution is 0.0527. The Balaban J connectivity index is 1.72. The summed E-state index contributed by atoms with van der Waals surface area (Å²) in [6.45, 7) is 6.01. The van der Waals surface area contributed by atoms with Crippen LogP contribution in [0, 0.1) is 13.8 Å². The van der Waals surface area contributed by atoms with E-state index in [-0.39, 0.29) is 17.9 Å². The number of rotatable bonds is 6. The van der Waals surface area contributed by atoms with Crippen molar-refractivity contribution < 1.29 is 14.3 Å². The van der Waals surface area contributed by atoms with Crippen LogP contribution in [0.2, 0.25) is 0 Å². The lowest BCUT2D eigenvalue weighted by Crippen LogP contribution is -2.17. The molecule has 0 atom stereocenters. The number of aryl methyl sites for hydroxylation is 2. The number of ether oxygens (including phenoxy) is 1.